The molecule has 10 N–H and O–H groups in total. The van der Waals surface area contributed by atoms with Crippen LogP contribution in [0, 0.1) is 5.92 Å². The number of aromatic amines is 1. The van der Waals surface area contributed by atoms with Crippen LogP contribution < -0.4 is 21.0 Å². The number of aliphatic hydroxyl groups is 9. The fourth-order valence-electron chi connectivity index (χ4n) is 6.06. The summed E-state index contributed by atoms with van der Waals surface area (Å²) in [6.45, 7) is -4.22. The number of ether oxygens (including phenoxy) is 4. The topological polar surface area (TPSA) is 382 Å². The van der Waals surface area contributed by atoms with E-state index in [1.54, 1.807) is 0 Å². The van der Waals surface area contributed by atoms with E-state index in [1.165, 1.54) is 0 Å². The van der Waals surface area contributed by atoms with E-state index in [2.05, 4.69) is 8.83 Å². The van der Waals surface area contributed by atoms with E-state index < -0.39 is 151 Å². The number of aliphatic hydroxyl groups excluding tert-OH is 9. The van der Waals surface area contributed by atoms with Crippen LogP contribution in [0.4, 0.5) is 0 Å². The zero-order chi connectivity index (χ0) is 38.1. The molecule has 0 saturated carbocycles. The molecule has 26 heteroatoms. The van der Waals surface area contributed by atoms with Crippen LogP contribution in [0.3, 0.4) is 0 Å². The summed E-state index contributed by atoms with van der Waals surface area (Å²) in [6, 6.07) is 0.897. The molecule has 4 heterocycles. The van der Waals surface area contributed by atoms with Gasteiger partial charge in [-0.3, -0.25) is 23.5 Å². The predicted octanol–water partition coefficient (Wildman–Crippen LogP) is -7.16. The lowest BCUT2D eigenvalue weighted by Gasteiger charge is -2.50. The van der Waals surface area contributed by atoms with Crippen molar-refractivity contribution in [2.45, 2.75) is 92.0 Å². The molecule has 0 aromatic carbocycles. The van der Waals surface area contributed by atoms with E-state index in [1.807, 2.05) is 4.98 Å². The normalized spacial score (nSPS) is 41.2. The molecule has 0 spiro atoms. The number of hydrogen-bond acceptors (Lipinski definition) is 22. The van der Waals surface area contributed by atoms with Crippen molar-refractivity contribution in [3.05, 3.63) is 33.1 Å². The number of phosphoric acid groups is 2. The van der Waals surface area contributed by atoms with Gasteiger partial charge >= 0.3 is 5.69 Å². The van der Waals surface area contributed by atoms with Gasteiger partial charge in [-0.25, -0.2) is 9.11 Å². The summed E-state index contributed by atoms with van der Waals surface area (Å²) < 4.78 is 60.3. The Morgan fingerprint density at radius 1 is 0.863 bits per heavy atom. The first kappa shape index (κ1) is 42.2. The van der Waals surface area contributed by atoms with Crippen LogP contribution in [0.1, 0.15) is 19.1 Å². The molecule has 1 aromatic rings. The lowest BCUT2D eigenvalue weighted by Crippen LogP contribution is -2.67. The van der Waals surface area contributed by atoms with E-state index >= 15 is 0 Å². The van der Waals surface area contributed by atoms with Gasteiger partial charge in [-0.05, 0) is 12.8 Å². The summed E-state index contributed by atoms with van der Waals surface area (Å²) in [7, 11) is -10.8. The van der Waals surface area contributed by atoms with Gasteiger partial charge in [-0.15, -0.1) is 0 Å². The standard InChI is InChI=1S/C25H42N2O22P2/c1-43-23-16(32)10(15(31)11(6-28)47-23)2-4-25(21(37)19(35)17(33)12(7-29)48-25)9-45-51(41,42)49-50(39,40)44-8-13-18(34)20(36)22(46-13)27-5-3-14(30)26-24(27)38/h3,5,10-13,15-23,28-29,31-37H,2,4,6-9H2,1H3,(H,39,40)(H,41,42)(H,26,30,38)/p-2/t10?,11-,12?,13+,15+,16?,17-,18?,19?,20?,21?,22+,23+,25-/m0/s1. The van der Waals surface area contributed by atoms with Gasteiger partial charge in [0.05, 0.1) is 32.5 Å². The maximum atomic E-state index is 12.7. The van der Waals surface area contributed by atoms with Crippen LogP contribution >= 0.6 is 15.6 Å². The Kier molecular flexibility index (Phi) is 13.9. The van der Waals surface area contributed by atoms with Gasteiger partial charge in [-0.1, -0.05) is 0 Å². The summed E-state index contributed by atoms with van der Waals surface area (Å²) >= 11 is 0. The zero-order valence-corrected chi connectivity index (χ0v) is 28.4. The van der Waals surface area contributed by atoms with E-state index in [0.717, 1.165) is 19.4 Å². The highest BCUT2D eigenvalue weighted by Gasteiger charge is 2.55. The smallest absolute Gasteiger partial charge is 0.330 e. The minimum atomic E-state index is -6.03. The highest BCUT2D eigenvalue weighted by molar-refractivity contribution is 7.59. The van der Waals surface area contributed by atoms with Crippen LogP contribution in [-0.4, -0.2) is 162 Å². The molecule has 51 heavy (non-hydrogen) atoms. The molecule has 16 atom stereocenters. The first-order valence-corrected chi connectivity index (χ1v) is 18.2. The Balaban J connectivity index is 1.46. The number of nitrogens with zero attached hydrogens (tertiary/aromatic N) is 1. The van der Waals surface area contributed by atoms with Gasteiger partial charge in [0.1, 0.15) is 60.5 Å². The molecule has 4 rings (SSSR count). The SMILES string of the molecule is CO[C@@H]1O[C@@H](CO)[C@H](O)C(CC[C@@]2(COP(=O)([O-])OP(=O)([O-])OC[C@H]3O[C@@H](n4ccc(=O)[nH]c4=O)C(O)C3O)OC(CO)[C@H](O)C(O)C2O)C1O. The predicted molar refractivity (Wildman–Crippen MR) is 156 cm³/mol. The second kappa shape index (κ2) is 16.8. The fraction of sp³-hybridized carbons (Fsp3) is 0.840. The molecule has 294 valence electrons. The van der Waals surface area contributed by atoms with Crippen molar-refractivity contribution in [2.75, 3.05) is 33.5 Å². The number of rotatable bonds is 15. The highest BCUT2D eigenvalue weighted by atomic mass is 31.3. The quantitative estimate of drug-likeness (QED) is 0.0739. The second-order valence-electron chi connectivity index (χ2n) is 12.1. The molecule has 3 saturated heterocycles. The molecular weight excluding hydrogens is 742 g/mol. The third-order valence-electron chi connectivity index (χ3n) is 8.84. The Morgan fingerprint density at radius 3 is 2.10 bits per heavy atom. The van der Waals surface area contributed by atoms with Crippen LogP contribution in [-0.2, 0) is 41.4 Å². The van der Waals surface area contributed by atoms with Crippen molar-refractivity contribution >= 4 is 15.6 Å². The van der Waals surface area contributed by atoms with Crippen molar-refractivity contribution in [2.24, 2.45) is 5.92 Å². The Bertz CT molecular complexity index is 1510. The van der Waals surface area contributed by atoms with E-state index in [9.17, 15) is 74.5 Å². The van der Waals surface area contributed by atoms with Gasteiger partial charge in [0, 0.05) is 25.3 Å². The van der Waals surface area contributed by atoms with E-state index in [0.29, 0.717) is 4.57 Å². The van der Waals surface area contributed by atoms with Gasteiger partial charge in [0.25, 0.3) is 21.2 Å². The second-order valence-corrected chi connectivity index (χ2v) is 15.0. The van der Waals surface area contributed by atoms with Crippen molar-refractivity contribution in [1.29, 1.82) is 0 Å². The largest absolute Gasteiger partial charge is 0.756 e. The molecular formula is C25H40N2O22P2-2. The number of aromatic nitrogens is 2. The van der Waals surface area contributed by atoms with Crippen LogP contribution in [0.5, 0.6) is 0 Å². The Labute approximate surface area is 287 Å². The molecule has 3 aliphatic rings. The number of H-pyrrole nitrogens is 1. The number of nitrogens with one attached hydrogen (secondary N) is 1. The van der Waals surface area contributed by atoms with Crippen LogP contribution in [0.15, 0.2) is 21.9 Å². The molecule has 3 fully saturated rings. The van der Waals surface area contributed by atoms with Gasteiger partial charge in [-0.2, -0.15) is 0 Å². The molecule has 3 aliphatic heterocycles. The molecule has 1 aromatic heterocycles. The van der Waals surface area contributed by atoms with E-state index in [-0.39, 0.29) is 0 Å². The average molecular weight is 783 g/mol. The molecule has 0 bridgehead atoms. The highest BCUT2D eigenvalue weighted by Crippen LogP contribution is 2.56. The van der Waals surface area contributed by atoms with Crippen molar-refractivity contribution in [3.8, 4) is 0 Å². The number of phosphoric ester groups is 2. The summed E-state index contributed by atoms with van der Waals surface area (Å²) in [6.07, 6.45) is -20.8. The molecule has 24 nitrogen and oxygen atoms in total. The average Bonchev–Trinajstić information content (AvgIpc) is 3.35. The summed E-state index contributed by atoms with van der Waals surface area (Å²) in [4.78, 5) is 50.5. The minimum Gasteiger partial charge on any atom is -0.756 e. The molecule has 0 aliphatic carbocycles. The summed E-state index contributed by atoms with van der Waals surface area (Å²) in [5.74, 6) is -1.22. The molecule has 0 radical (unpaired) electrons. The van der Waals surface area contributed by atoms with Crippen molar-refractivity contribution in [1.82, 2.24) is 9.55 Å². The third kappa shape index (κ3) is 9.39. The summed E-state index contributed by atoms with van der Waals surface area (Å²) in [5, 5.41) is 93.1. The first-order valence-electron chi connectivity index (χ1n) is 15.2. The van der Waals surface area contributed by atoms with Gasteiger partial charge in [0.15, 0.2) is 12.5 Å². The molecule has 0 amide bonds. The number of methoxy groups -OCH3 is 1. The molecule has 9 unspecified atom stereocenters. The van der Waals surface area contributed by atoms with Gasteiger partial charge < -0.3 is 83.7 Å². The fourth-order valence-corrected chi connectivity index (χ4v) is 8.12. The van der Waals surface area contributed by atoms with Crippen LogP contribution in [0.25, 0.3) is 0 Å². The first-order chi connectivity index (χ1) is 23.8. The number of hydrogen-bond donors (Lipinski definition) is 10. The Hall–Kier alpha value is -1.58. The van der Waals surface area contributed by atoms with Crippen molar-refractivity contribution in [3.63, 3.8) is 0 Å². The minimum absolute atomic E-state index is 0.404. The maximum Gasteiger partial charge on any atom is 0.330 e. The lowest BCUT2D eigenvalue weighted by molar-refractivity contribution is -0.299. The van der Waals surface area contributed by atoms with Gasteiger partial charge in [0.2, 0.25) is 0 Å². The monoisotopic (exact) mass is 782 g/mol. The third-order valence-corrected chi connectivity index (χ3v) is 11.4. The van der Waals surface area contributed by atoms with Crippen molar-refractivity contribution < 1.29 is 97.2 Å². The summed E-state index contributed by atoms with van der Waals surface area (Å²) in [5.41, 5.74) is -4.25. The van der Waals surface area contributed by atoms with E-state index in [4.69, 9.17) is 23.5 Å². The maximum absolute atomic E-state index is 12.7. The van der Waals surface area contributed by atoms with Crippen LogP contribution in [0.2, 0.25) is 0 Å². The zero-order valence-electron chi connectivity index (χ0n) is 26.6. The Morgan fingerprint density at radius 2 is 1.49 bits per heavy atom. The lowest BCUT2D eigenvalue weighted by atomic mass is 9.77.